The average molecular weight is 433 g/mol. The van der Waals surface area contributed by atoms with Crippen molar-refractivity contribution in [1.82, 2.24) is 20.8 Å². The maximum Gasteiger partial charge on any atom is 0.416 e. The van der Waals surface area contributed by atoms with Crippen molar-refractivity contribution >= 4 is 17.8 Å². The van der Waals surface area contributed by atoms with Gasteiger partial charge in [0.25, 0.3) is 0 Å². The Balaban J connectivity index is 1.31. The van der Waals surface area contributed by atoms with Gasteiger partial charge in [-0.2, -0.15) is 13.2 Å². The standard InChI is InChI=1S/C21H22F3N5O2/c22-21(23,24)16-4-1-3-15(13-16)20(7-8-20)18(31)28-27-17(30)14-5-11-29(12-6-14)19-25-9-2-10-26-19/h1-4,9-10,13-14H,5-8,11-12H2,(H,27,30)(H,28,31). The van der Waals surface area contributed by atoms with E-state index in [9.17, 15) is 22.8 Å². The number of carbonyl (C=O) groups is 2. The van der Waals surface area contributed by atoms with E-state index < -0.39 is 23.1 Å². The van der Waals surface area contributed by atoms with Crippen LogP contribution in [0.25, 0.3) is 0 Å². The first-order valence-corrected chi connectivity index (χ1v) is 10.1. The number of hydrogen-bond acceptors (Lipinski definition) is 5. The molecule has 31 heavy (non-hydrogen) atoms. The van der Waals surface area contributed by atoms with Gasteiger partial charge in [-0.1, -0.05) is 18.2 Å². The number of halogens is 3. The summed E-state index contributed by atoms with van der Waals surface area (Å²) in [6.07, 6.45) is 0.883. The molecule has 164 valence electrons. The van der Waals surface area contributed by atoms with E-state index in [0.717, 1.165) is 12.1 Å². The number of hydrazine groups is 1. The van der Waals surface area contributed by atoms with E-state index in [1.54, 1.807) is 18.5 Å². The van der Waals surface area contributed by atoms with E-state index in [1.165, 1.54) is 12.1 Å². The Kier molecular flexibility index (Phi) is 5.55. The van der Waals surface area contributed by atoms with Gasteiger partial charge in [0.2, 0.25) is 17.8 Å². The lowest BCUT2D eigenvalue weighted by molar-refractivity contribution is -0.137. The van der Waals surface area contributed by atoms with E-state index >= 15 is 0 Å². The predicted molar refractivity (Wildman–Crippen MR) is 106 cm³/mol. The highest BCUT2D eigenvalue weighted by Crippen LogP contribution is 2.49. The third-order valence-electron chi connectivity index (χ3n) is 5.93. The van der Waals surface area contributed by atoms with Crippen molar-refractivity contribution in [3.05, 3.63) is 53.9 Å². The Morgan fingerprint density at radius 1 is 1.03 bits per heavy atom. The highest BCUT2D eigenvalue weighted by Gasteiger charge is 2.52. The molecule has 0 atom stereocenters. The number of hydrogen-bond donors (Lipinski definition) is 2. The van der Waals surface area contributed by atoms with Crippen LogP contribution in [0.15, 0.2) is 42.7 Å². The van der Waals surface area contributed by atoms with Crippen molar-refractivity contribution in [3.8, 4) is 0 Å². The third-order valence-corrected chi connectivity index (χ3v) is 5.93. The number of piperidine rings is 1. The summed E-state index contributed by atoms with van der Waals surface area (Å²) in [4.78, 5) is 35.6. The minimum atomic E-state index is -4.48. The molecule has 2 fully saturated rings. The zero-order chi connectivity index (χ0) is 22.1. The smallest absolute Gasteiger partial charge is 0.341 e. The Labute approximate surface area is 177 Å². The summed E-state index contributed by atoms with van der Waals surface area (Å²) in [6.45, 7) is 1.23. The lowest BCUT2D eigenvalue weighted by atomic mass is 9.93. The molecule has 2 aromatic rings. The predicted octanol–water partition coefficient (Wildman–Crippen LogP) is 2.59. The van der Waals surface area contributed by atoms with Gasteiger partial charge in [-0.15, -0.1) is 0 Å². The van der Waals surface area contributed by atoms with Gasteiger partial charge in [-0.05, 0) is 43.4 Å². The molecule has 1 saturated carbocycles. The first-order chi connectivity index (χ1) is 14.8. The lowest BCUT2D eigenvalue weighted by Gasteiger charge is -2.31. The van der Waals surface area contributed by atoms with Crippen LogP contribution in [-0.2, 0) is 21.2 Å². The second kappa shape index (κ2) is 8.16. The summed E-state index contributed by atoms with van der Waals surface area (Å²) in [6, 6.07) is 6.54. The monoisotopic (exact) mass is 433 g/mol. The minimum absolute atomic E-state index is 0.274. The van der Waals surface area contributed by atoms with Crippen molar-refractivity contribution in [2.75, 3.05) is 18.0 Å². The van der Waals surface area contributed by atoms with Crippen molar-refractivity contribution in [1.29, 1.82) is 0 Å². The van der Waals surface area contributed by atoms with Crippen LogP contribution in [0.4, 0.5) is 19.1 Å². The zero-order valence-electron chi connectivity index (χ0n) is 16.7. The summed E-state index contributed by atoms with van der Waals surface area (Å²) >= 11 is 0. The minimum Gasteiger partial charge on any atom is -0.341 e. The molecule has 0 radical (unpaired) electrons. The molecule has 7 nitrogen and oxygen atoms in total. The maximum absolute atomic E-state index is 13.0. The molecule has 10 heteroatoms. The molecule has 1 saturated heterocycles. The Morgan fingerprint density at radius 2 is 1.71 bits per heavy atom. The zero-order valence-corrected chi connectivity index (χ0v) is 16.7. The molecule has 2 amide bonds. The maximum atomic E-state index is 13.0. The van der Waals surface area contributed by atoms with Crippen LogP contribution in [0, 0.1) is 5.92 Å². The number of nitrogens with zero attached hydrogens (tertiary/aromatic N) is 3. The number of anilines is 1. The summed E-state index contributed by atoms with van der Waals surface area (Å²) in [5.41, 5.74) is 3.38. The summed E-state index contributed by atoms with van der Waals surface area (Å²) < 4.78 is 39.0. The van der Waals surface area contributed by atoms with Gasteiger partial charge in [-0.3, -0.25) is 20.4 Å². The van der Waals surface area contributed by atoms with Crippen LogP contribution in [0.2, 0.25) is 0 Å². The fourth-order valence-corrected chi connectivity index (χ4v) is 3.90. The second-order valence-electron chi connectivity index (χ2n) is 7.91. The second-order valence-corrected chi connectivity index (χ2v) is 7.91. The number of aromatic nitrogens is 2. The summed E-state index contributed by atoms with van der Waals surface area (Å²) in [5, 5.41) is 0. The van der Waals surface area contributed by atoms with Crippen LogP contribution in [-0.4, -0.2) is 34.9 Å². The molecule has 0 unspecified atom stereocenters. The van der Waals surface area contributed by atoms with Crippen molar-refractivity contribution in [2.24, 2.45) is 5.92 Å². The van der Waals surface area contributed by atoms with Crippen LogP contribution in [0.1, 0.15) is 36.8 Å². The Bertz CT molecular complexity index is 955. The van der Waals surface area contributed by atoms with Crippen LogP contribution in [0.5, 0.6) is 0 Å². The van der Waals surface area contributed by atoms with Crippen LogP contribution < -0.4 is 15.8 Å². The molecule has 2 N–H and O–H groups in total. The Morgan fingerprint density at radius 3 is 2.32 bits per heavy atom. The molecule has 0 bridgehead atoms. The van der Waals surface area contributed by atoms with Gasteiger partial charge in [-0.25, -0.2) is 9.97 Å². The van der Waals surface area contributed by atoms with Gasteiger partial charge in [0, 0.05) is 31.4 Å². The number of rotatable bonds is 4. The van der Waals surface area contributed by atoms with E-state index in [4.69, 9.17) is 0 Å². The highest BCUT2D eigenvalue weighted by atomic mass is 19.4. The summed E-state index contributed by atoms with van der Waals surface area (Å²) in [7, 11) is 0. The number of amides is 2. The molecule has 2 heterocycles. The number of carbonyl (C=O) groups excluding carboxylic acids is 2. The van der Waals surface area contributed by atoms with E-state index in [1.807, 2.05) is 4.90 Å². The SMILES string of the molecule is O=C(NNC(=O)C1(c2cccc(C(F)(F)F)c2)CC1)C1CCN(c2ncccn2)CC1. The lowest BCUT2D eigenvalue weighted by Crippen LogP contribution is -2.50. The van der Waals surface area contributed by atoms with Gasteiger partial charge in [0.05, 0.1) is 11.0 Å². The molecule has 1 aromatic heterocycles. The van der Waals surface area contributed by atoms with E-state index in [2.05, 4.69) is 20.8 Å². The molecule has 1 aromatic carbocycles. The van der Waals surface area contributed by atoms with Crippen molar-refractivity contribution in [3.63, 3.8) is 0 Å². The topological polar surface area (TPSA) is 87.2 Å². The molecule has 1 aliphatic carbocycles. The Hall–Kier alpha value is -3.17. The molecular formula is C21H22F3N5O2. The normalized spacial score (nSPS) is 18.4. The van der Waals surface area contributed by atoms with Crippen LogP contribution >= 0.6 is 0 Å². The molecule has 2 aliphatic rings. The van der Waals surface area contributed by atoms with Crippen molar-refractivity contribution < 1.29 is 22.8 Å². The third kappa shape index (κ3) is 4.47. The van der Waals surface area contributed by atoms with Crippen molar-refractivity contribution in [2.45, 2.75) is 37.3 Å². The highest BCUT2D eigenvalue weighted by molar-refractivity contribution is 5.93. The number of alkyl halides is 3. The molecular weight excluding hydrogens is 411 g/mol. The van der Waals surface area contributed by atoms with E-state index in [-0.39, 0.29) is 11.8 Å². The first-order valence-electron chi connectivity index (χ1n) is 10.1. The van der Waals surface area contributed by atoms with Gasteiger partial charge in [0.15, 0.2) is 0 Å². The van der Waals surface area contributed by atoms with E-state index in [0.29, 0.717) is 50.3 Å². The first kappa shape index (κ1) is 21.1. The largest absolute Gasteiger partial charge is 0.416 e. The fourth-order valence-electron chi connectivity index (χ4n) is 3.90. The summed E-state index contributed by atoms with van der Waals surface area (Å²) in [5.74, 6) is -0.451. The quantitative estimate of drug-likeness (QED) is 0.724. The number of nitrogens with one attached hydrogen (secondary N) is 2. The van der Waals surface area contributed by atoms with Gasteiger partial charge < -0.3 is 4.90 Å². The van der Waals surface area contributed by atoms with Gasteiger partial charge >= 0.3 is 6.18 Å². The fraction of sp³-hybridized carbons (Fsp3) is 0.429. The molecule has 1 aliphatic heterocycles. The van der Waals surface area contributed by atoms with Gasteiger partial charge in [0.1, 0.15) is 0 Å². The number of benzene rings is 1. The molecule has 4 rings (SSSR count). The average Bonchev–Trinajstić information content (AvgIpc) is 3.60. The molecule has 0 spiro atoms. The van der Waals surface area contributed by atoms with Crippen LogP contribution in [0.3, 0.4) is 0 Å².